The van der Waals surface area contributed by atoms with Crippen molar-refractivity contribution in [2.24, 2.45) is 0 Å². The predicted molar refractivity (Wildman–Crippen MR) is 115 cm³/mol. The van der Waals surface area contributed by atoms with Crippen LogP contribution in [0.4, 0.5) is 5.69 Å². The number of amides is 1. The van der Waals surface area contributed by atoms with Gasteiger partial charge in [-0.2, -0.15) is 0 Å². The molecule has 0 unspecified atom stereocenters. The van der Waals surface area contributed by atoms with Gasteiger partial charge in [-0.1, -0.05) is 41.6 Å². The van der Waals surface area contributed by atoms with E-state index < -0.39 is 5.25 Å². The molecule has 0 radical (unpaired) electrons. The number of aryl methyl sites for hydroxylation is 2. The maximum Gasteiger partial charge on any atom is 0.240 e. The van der Waals surface area contributed by atoms with Gasteiger partial charge in [0, 0.05) is 9.50 Å². The zero-order chi connectivity index (χ0) is 19.8. The molecule has 2 atom stereocenters. The Morgan fingerprint density at radius 3 is 2.68 bits per heavy atom. The van der Waals surface area contributed by atoms with Crippen molar-refractivity contribution in [2.75, 3.05) is 10.7 Å². The van der Waals surface area contributed by atoms with Crippen LogP contribution in [0.25, 0.3) is 0 Å². The Bertz CT molecular complexity index is 1040. The number of rotatable bonds is 3. The number of halogens is 2. The van der Waals surface area contributed by atoms with Gasteiger partial charge in [-0.25, -0.2) is 4.68 Å². The molecule has 2 aromatic carbocycles. The van der Waals surface area contributed by atoms with Gasteiger partial charge in [-0.15, -0.1) is 10.2 Å². The Morgan fingerprint density at radius 2 is 1.96 bits per heavy atom. The molecular weight excluding hydrogens is 462 g/mol. The summed E-state index contributed by atoms with van der Waals surface area (Å²) in [7, 11) is 0. The van der Waals surface area contributed by atoms with Crippen molar-refractivity contribution in [1.29, 1.82) is 0 Å². The zero-order valence-electron chi connectivity index (χ0n) is 15.1. The number of aromatic nitrogens is 3. The number of anilines is 1. The van der Waals surface area contributed by atoms with Crippen LogP contribution < -0.4 is 10.7 Å². The summed E-state index contributed by atoms with van der Waals surface area (Å²) in [5, 5.41) is 12.2. The largest absolute Gasteiger partial charge is 0.324 e. The molecule has 0 saturated heterocycles. The molecule has 0 bridgehead atoms. The van der Waals surface area contributed by atoms with Crippen LogP contribution in [0, 0.1) is 13.8 Å². The summed E-state index contributed by atoms with van der Waals surface area (Å²) >= 11 is 10.9. The topological polar surface area (TPSA) is 71.8 Å². The molecule has 3 aromatic rings. The second-order valence-corrected chi connectivity index (χ2v) is 8.93. The summed E-state index contributed by atoms with van der Waals surface area (Å²) in [6.45, 7) is 3.87. The van der Waals surface area contributed by atoms with Crippen LogP contribution in [0.3, 0.4) is 0 Å². The lowest BCUT2D eigenvalue weighted by molar-refractivity contribution is -0.116. The third kappa shape index (κ3) is 3.76. The number of fused-ring (bicyclic) bond motifs is 1. The maximum absolute atomic E-state index is 13.2. The van der Waals surface area contributed by atoms with Crippen LogP contribution in [0.2, 0.25) is 5.02 Å². The van der Waals surface area contributed by atoms with Crippen LogP contribution in [0.1, 0.15) is 23.0 Å². The normalized spacial score (nSPS) is 18.3. The fourth-order valence-electron chi connectivity index (χ4n) is 3.01. The van der Waals surface area contributed by atoms with E-state index in [4.69, 9.17) is 11.6 Å². The van der Waals surface area contributed by atoms with Gasteiger partial charge in [0.1, 0.15) is 11.1 Å². The second kappa shape index (κ2) is 7.77. The van der Waals surface area contributed by atoms with E-state index >= 15 is 0 Å². The lowest BCUT2D eigenvalue weighted by Crippen LogP contribution is -2.41. The molecule has 4 rings (SSSR count). The minimum absolute atomic E-state index is 0.117. The Hall–Kier alpha value is -2.03. The number of nitrogens with one attached hydrogen (secondary N) is 2. The van der Waals surface area contributed by atoms with Gasteiger partial charge < -0.3 is 10.7 Å². The molecule has 2 heterocycles. The van der Waals surface area contributed by atoms with Crippen LogP contribution in [-0.2, 0) is 4.79 Å². The first-order chi connectivity index (χ1) is 13.4. The monoisotopic (exact) mass is 477 g/mol. The van der Waals surface area contributed by atoms with Crippen LogP contribution in [0.5, 0.6) is 0 Å². The molecule has 6 nitrogen and oxygen atoms in total. The number of thioether (sulfide) groups is 1. The molecule has 28 heavy (non-hydrogen) atoms. The van der Waals surface area contributed by atoms with Crippen LogP contribution in [-0.4, -0.2) is 26.0 Å². The number of nitrogens with zero attached hydrogens (tertiary/aromatic N) is 3. The fourth-order valence-corrected chi connectivity index (χ4v) is 4.85. The van der Waals surface area contributed by atoms with Crippen LogP contribution in [0.15, 0.2) is 52.1 Å². The molecule has 1 aliphatic heterocycles. The third-order valence-electron chi connectivity index (χ3n) is 4.47. The van der Waals surface area contributed by atoms with Crippen molar-refractivity contribution in [3.05, 3.63) is 68.9 Å². The summed E-state index contributed by atoms with van der Waals surface area (Å²) in [6.07, 6.45) is 0. The van der Waals surface area contributed by atoms with E-state index in [1.165, 1.54) is 11.8 Å². The van der Waals surface area contributed by atoms with E-state index in [-0.39, 0.29) is 11.9 Å². The molecule has 1 amide bonds. The molecule has 0 spiro atoms. The van der Waals surface area contributed by atoms with E-state index in [2.05, 4.69) is 36.9 Å². The molecule has 1 aromatic heterocycles. The molecule has 2 N–H and O–H groups in total. The average molecular weight is 479 g/mol. The molecule has 144 valence electrons. The SMILES string of the molecule is Cc1ccc(NC(=O)[C@H]2Sc3nnc(C)n3N[C@@H]2c2ccc(Cl)cc2)c(Br)c1. The lowest BCUT2D eigenvalue weighted by atomic mass is 10.0. The number of carbonyl (C=O) groups is 1. The Labute approximate surface area is 180 Å². The first kappa shape index (κ1) is 19.3. The molecule has 0 fully saturated rings. The van der Waals surface area contributed by atoms with E-state index in [0.29, 0.717) is 10.2 Å². The van der Waals surface area contributed by atoms with Gasteiger partial charge in [-0.3, -0.25) is 4.79 Å². The number of hydrogen-bond donors (Lipinski definition) is 2. The molecule has 1 aliphatic rings. The van der Waals surface area contributed by atoms with Crippen molar-refractivity contribution in [1.82, 2.24) is 14.9 Å². The first-order valence-electron chi connectivity index (χ1n) is 8.60. The van der Waals surface area contributed by atoms with Gasteiger partial charge in [0.15, 0.2) is 0 Å². The summed E-state index contributed by atoms with van der Waals surface area (Å²) in [4.78, 5) is 13.2. The van der Waals surface area contributed by atoms with Gasteiger partial charge in [0.05, 0.1) is 11.7 Å². The van der Waals surface area contributed by atoms with Crippen molar-refractivity contribution >= 4 is 50.9 Å². The highest BCUT2D eigenvalue weighted by atomic mass is 79.9. The highest BCUT2D eigenvalue weighted by Gasteiger charge is 2.37. The van der Waals surface area contributed by atoms with Gasteiger partial charge in [-0.05, 0) is 65.2 Å². The molecule has 9 heteroatoms. The molecule has 0 aliphatic carbocycles. The van der Waals surface area contributed by atoms with Crippen molar-refractivity contribution in [2.45, 2.75) is 30.3 Å². The number of carbonyl (C=O) groups excluding carboxylic acids is 1. The summed E-state index contributed by atoms with van der Waals surface area (Å²) in [6, 6.07) is 13.0. The smallest absolute Gasteiger partial charge is 0.240 e. The summed E-state index contributed by atoms with van der Waals surface area (Å²) < 4.78 is 2.66. The van der Waals surface area contributed by atoms with E-state index in [0.717, 1.165) is 27.1 Å². The van der Waals surface area contributed by atoms with Crippen LogP contribution >= 0.6 is 39.3 Å². The zero-order valence-corrected chi connectivity index (χ0v) is 18.3. The summed E-state index contributed by atoms with van der Waals surface area (Å²) in [5.41, 5.74) is 6.18. The van der Waals surface area contributed by atoms with Gasteiger partial charge in [0.25, 0.3) is 0 Å². The standard InChI is InChI=1S/C19H17BrClN5OS/c1-10-3-8-15(14(20)9-10)22-18(27)17-16(12-4-6-13(21)7-5-12)25-26-11(2)23-24-19(26)28-17/h3-9,16-17,25H,1-2H3,(H,22,27)/t16-,17+/m1/s1. The Morgan fingerprint density at radius 1 is 1.21 bits per heavy atom. The fraction of sp³-hybridized carbons (Fsp3) is 0.211. The number of benzene rings is 2. The lowest BCUT2D eigenvalue weighted by Gasteiger charge is -2.32. The minimum Gasteiger partial charge on any atom is -0.324 e. The van der Waals surface area contributed by atoms with Crippen molar-refractivity contribution in [3.8, 4) is 0 Å². The first-order valence-corrected chi connectivity index (χ1v) is 10.6. The van der Waals surface area contributed by atoms with Gasteiger partial charge >= 0.3 is 0 Å². The summed E-state index contributed by atoms with van der Waals surface area (Å²) in [5.74, 6) is 0.621. The Kier molecular flexibility index (Phi) is 5.35. The average Bonchev–Trinajstić information content (AvgIpc) is 3.04. The highest BCUT2D eigenvalue weighted by Crippen LogP contribution is 2.38. The van der Waals surface area contributed by atoms with Crippen molar-refractivity contribution < 1.29 is 4.79 Å². The second-order valence-electron chi connectivity index (χ2n) is 6.53. The third-order valence-corrected chi connectivity index (χ3v) is 6.59. The highest BCUT2D eigenvalue weighted by molar-refractivity contribution is 9.10. The number of hydrogen-bond acceptors (Lipinski definition) is 5. The molecular formula is C19H17BrClN5OS. The quantitative estimate of drug-likeness (QED) is 0.570. The van der Waals surface area contributed by atoms with Gasteiger partial charge in [0.2, 0.25) is 11.1 Å². The van der Waals surface area contributed by atoms with Crippen molar-refractivity contribution in [3.63, 3.8) is 0 Å². The maximum atomic E-state index is 13.2. The van der Waals surface area contributed by atoms with E-state index in [1.807, 2.05) is 61.0 Å². The van der Waals surface area contributed by atoms with E-state index in [9.17, 15) is 4.79 Å². The minimum atomic E-state index is -0.439. The Balaban J connectivity index is 1.67. The molecule has 0 saturated carbocycles. The van der Waals surface area contributed by atoms with E-state index in [1.54, 1.807) is 0 Å². The predicted octanol–water partition coefficient (Wildman–Crippen LogP) is 4.71.